The number of hydrogen-bond acceptors (Lipinski definition) is 11. The molecule has 0 bridgehead atoms. The molecule has 0 radical (unpaired) electrons. The van der Waals surface area contributed by atoms with E-state index in [1.165, 1.54) is 0 Å². The molecule has 154 valence electrons. The standard InChI is InChI=1S/C15H28O11/c1-5(2)24-15-13(22)11(20)9(18)7(26-15)4-23-14-12(21)10(19)8(17)6(3-16)25-14/h5-22H,3-4H2,1-2H3. The zero-order valence-electron chi connectivity index (χ0n) is 14.5. The van der Waals surface area contributed by atoms with Gasteiger partial charge in [-0.3, -0.25) is 0 Å². The van der Waals surface area contributed by atoms with Gasteiger partial charge in [-0.1, -0.05) is 0 Å². The smallest absolute Gasteiger partial charge is 0.186 e. The summed E-state index contributed by atoms with van der Waals surface area (Å²) in [4.78, 5) is 0. The predicted molar refractivity (Wildman–Crippen MR) is 82.6 cm³/mol. The zero-order valence-corrected chi connectivity index (χ0v) is 14.5. The molecule has 0 saturated carbocycles. The number of rotatable bonds is 6. The van der Waals surface area contributed by atoms with Crippen LogP contribution in [0.5, 0.6) is 0 Å². The van der Waals surface area contributed by atoms with Gasteiger partial charge in [-0.05, 0) is 13.8 Å². The summed E-state index contributed by atoms with van der Waals surface area (Å²) < 4.78 is 21.2. The van der Waals surface area contributed by atoms with Gasteiger partial charge in [0.15, 0.2) is 12.6 Å². The van der Waals surface area contributed by atoms with Crippen molar-refractivity contribution in [2.45, 2.75) is 81.4 Å². The second kappa shape index (κ2) is 9.17. The van der Waals surface area contributed by atoms with E-state index in [2.05, 4.69) is 0 Å². The molecule has 7 N–H and O–H groups in total. The molecule has 11 nitrogen and oxygen atoms in total. The van der Waals surface area contributed by atoms with Gasteiger partial charge >= 0.3 is 0 Å². The highest BCUT2D eigenvalue weighted by Crippen LogP contribution is 2.26. The van der Waals surface area contributed by atoms with Crippen molar-refractivity contribution < 1.29 is 54.7 Å². The van der Waals surface area contributed by atoms with Gasteiger partial charge in [-0.25, -0.2) is 0 Å². The molecular weight excluding hydrogens is 356 g/mol. The first-order valence-corrected chi connectivity index (χ1v) is 8.44. The molecule has 2 aliphatic rings. The highest BCUT2D eigenvalue weighted by atomic mass is 16.7. The largest absolute Gasteiger partial charge is 0.394 e. The van der Waals surface area contributed by atoms with Crippen LogP contribution in [-0.4, -0.2) is 116 Å². The Kier molecular flexibility index (Phi) is 7.71. The maximum Gasteiger partial charge on any atom is 0.186 e. The Hall–Kier alpha value is -0.440. The third-order valence-electron chi connectivity index (χ3n) is 4.35. The maximum atomic E-state index is 10.0. The van der Waals surface area contributed by atoms with Crippen LogP contribution < -0.4 is 0 Å². The van der Waals surface area contributed by atoms with E-state index in [-0.39, 0.29) is 12.7 Å². The second-order valence-corrected chi connectivity index (χ2v) is 6.73. The van der Waals surface area contributed by atoms with E-state index in [9.17, 15) is 30.6 Å². The van der Waals surface area contributed by atoms with Crippen molar-refractivity contribution in [3.63, 3.8) is 0 Å². The SMILES string of the molecule is CC(C)OC1OC(COC2OC(CO)C(O)C(O)C2O)C(O)C(O)C1O. The Balaban J connectivity index is 1.98. The highest BCUT2D eigenvalue weighted by Gasteiger charge is 2.47. The molecule has 2 aliphatic heterocycles. The van der Waals surface area contributed by atoms with Crippen LogP contribution in [0.1, 0.15) is 13.8 Å². The first-order chi connectivity index (χ1) is 12.2. The fraction of sp³-hybridized carbons (Fsp3) is 1.00. The minimum atomic E-state index is -1.60. The fourth-order valence-corrected chi connectivity index (χ4v) is 2.83. The molecule has 0 aromatic heterocycles. The van der Waals surface area contributed by atoms with E-state index in [0.717, 1.165) is 0 Å². The maximum absolute atomic E-state index is 10.0. The minimum Gasteiger partial charge on any atom is -0.394 e. The number of hydrogen-bond donors (Lipinski definition) is 7. The Bertz CT molecular complexity index is 434. The van der Waals surface area contributed by atoms with Crippen LogP contribution in [0.25, 0.3) is 0 Å². The van der Waals surface area contributed by atoms with Crippen LogP contribution in [-0.2, 0) is 18.9 Å². The van der Waals surface area contributed by atoms with Crippen LogP contribution in [0.15, 0.2) is 0 Å². The molecule has 2 heterocycles. The topological polar surface area (TPSA) is 179 Å². The van der Waals surface area contributed by atoms with Gasteiger partial charge in [0.1, 0.15) is 48.8 Å². The third-order valence-corrected chi connectivity index (χ3v) is 4.35. The summed E-state index contributed by atoms with van der Waals surface area (Å²) >= 11 is 0. The Labute approximate surface area is 150 Å². The van der Waals surface area contributed by atoms with Gasteiger partial charge in [0, 0.05) is 0 Å². The number of aliphatic hydroxyl groups excluding tert-OH is 7. The van der Waals surface area contributed by atoms with Crippen molar-refractivity contribution in [1.82, 2.24) is 0 Å². The van der Waals surface area contributed by atoms with Crippen LogP contribution in [0.2, 0.25) is 0 Å². The molecule has 0 aliphatic carbocycles. The molecule has 2 rings (SSSR count). The Morgan fingerprint density at radius 2 is 1.23 bits per heavy atom. The van der Waals surface area contributed by atoms with Crippen molar-refractivity contribution in [2.75, 3.05) is 13.2 Å². The molecule has 0 aromatic carbocycles. The minimum absolute atomic E-state index is 0.316. The summed E-state index contributed by atoms with van der Waals surface area (Å²) in [6.45, 7) is 2.41. The normalized spacial score (nSPS) is 47.3. The van der Waals surface area contributed by atoms with E-state index < -0.39 is 68.0 Å². The zero-order chi connectivity index (χ0) is 19.6. The van der Waals surface area contributed by atoms with Crippen LogP contribution >= 0.6 is 0 Å². The molecule has 11 heteroatoms. The Morgan fingerprint density at radius 3 is 1.77 bits per heavy atom. The third kappa shape index (κ3) is 4.69. The molecule has 10 unspecified atom stereocenters. The molecule has 2 fully saturated rings. The van der Waals surface area contributed by atoms with Gasteiger partial charge in [-0.15, -0.1) is 0 Å². The number of ether oxygens (including phenoxy) is 4. The van der Waals surface area contributed by atoms with Gasteiger partial charge in [0.25, 0.3) is 0 Å². The summed E-state index contributed by atoms with van der Waals surface area (Å²) in [6, 6.07) is 0. The lowest BCUT2D eigenvalue weighted by Crippen LogP contribution is -2.61. The van der Waals surface area contributed by atoms with Crippen molar-refractivity contribution in [3.8, 4) is 0 Å². The van der Waals surface area contributed by atoms with E-state index in [4.69, 9.17) is 24.1 Å². The van der Waals surface area contributed by atoms with Crippen molar-refractivity contribution in [3.05, 3.63) is 0 Å². The summed E-state index contributed by atoms with van der Waals surface area (Å²) in [5, 5.41) is 68.4. The quantitative estimate of drug-likeness (QED) is 0.237. The molecule has 2 saturated heterocycles. The van der Waals surface area contributed by atoms with E-state index >= 15 is 0 Å². The second-order valence-electron chi connectivity index (χ2n) is 6.73. The van der Waals surface area contributed by atoms with E-state index in [1.807, 2.05) is 0 Å². The first-order valence-electron chi connectivity index (χ1n) is 8.44. The molecule has 0 amide bonds. The molecule has 0 aromatic rings. The molecule has 0 spiro atoms. The summed E-state index contributed by atoms with van der Waals surface area (Å²) in [5.41, 5.74) is 0. The molecule has 26 heavy (non-hydrogen) atoms. The van der Waals surface area contributed by atoms with Gasteiger partial charge in [0.2, 0.25) is 0 Å². The van der Waals surface area contributed by atoms with Crippen molar-refractivity contribution >= 4 is 0 Å². The Morgan fingerprint density at radius 1 is 0.731 bits per heavy atom. The summed E-state index contributed by atoms with van der Waals surface area (Å²) in [6.07, 6.45) is -14.4. The molecular formula is C15H28O11. The lowest BCUT2D eigenvalue weighted by molar-refractivity contribution is -0.334. The lowest BCUT2D eigenvalue weighted by atomic mass is 9.98. The summed E-state index contributed by atoms with van der Waals surface area (Å²) in [7, 11) is 0. The van der Waals surface area contributed by atoms with Crippen molar-refractivity contribution in [1.29, 1.82) is 0 Å². The van der Waals surface area contributed by atoms with Crippen molar-refractivity contribution in [2.24, 2.45) is 0 Å². The monoisotopic (exact) mass is 384 g/mol. The lowest BCUT2D eigenvalue weighted by Gasteiger charge is -2.43. The van der Waals surface area contributed by atoms with Crippen LogP contribution in [0.3, 0.4) is 0 Å². The van der Waals surface area contributed by atoms with Gasteiger partial charge in [0.05, 0.1) is 19.3 Å². The number of aliphatic hydroxyl groups is 7. The fourth-order valence-electron chi connectivity index (χ4n) is 2.83. The molecule has 10 atom stereocenters. The summed E-state index contributed by atoms with van der Waals surface area (Å²) in [5.74, 6) is 0. The average molecular weight is 384 g/mol. The van der Waals surface area contributed by atoms with Gasteiger partial charge in [-0.2, -0.15) is 0 Å². The van der Waals surface area contributed by atoms with Crippen LogP contribution in [0, 0.1) is 0 Å². The van der Waals surface area contributed by atoms with E-state index in [0.29, 0.717) is 0 Å². The first kappa shape index (κ1) is 21.9. The average Bonchev–Trinajstić information content (AvgIpc) is 2.60. The van der Waals surface area contributed by atoms with Gasteiger partial charge < -0.3 is 54.7 Å². The highest BCUT2D eigenvalue weighted by molar-refractivity contribution is 4.91. The predicted octanol–water partition coefficient (Wildman–Crippen LogP) is -3.96. The van der Waals surface area contributed by atoms with Crippen LogP contribution in [0.4, 0.5) is 0 Å². The van der Waals surface area contributed by atoms with E-state index in [1.54, 1.807) is 13.8 Å².